The van der Waals surface area contributed by atoms with Crippen LogP contribution in [0.5, 0.6) is 0 Å². The van der Waals surface area contributed by atoms with Gasteiger partial charge in [-0.15, -0.1) is 10.2 Å². The zero-order chi connectivity index (χ0) is 17.4. The van der Waals surface area contributed by atoms with Crippen molar-refractivity contribution in [3.05, 3.63) is 54.6 Å². The van der Waals surface area contributed by atoms with Gasteiger partial charge in [0.15, 0.2) is 5.82 Å². The molecule has 0 spiro atoms. The van der Waals surface area contributed by atoms with Gasteiger partial charge in [-0.2, -0.15) is 0 Å². The number of benzene rings is 1. The predicted octanol–water partition coefficient (Wildman–Crippen LogP) is 2.58. The lowest BCUT2D eigenvalue weighted by Gasteiger charge is -2.06. The van der Waals surface area contributed by atoms with E-state index in [2.05, 4.69) is 25.5 Å². The van der Waals surface area contributed by atoms with Crippen LogP contribution >= 0.6 is 0 Å². The Morgan fingerprint density at radius 1 is 1.24 bits per heavy atom. The molecule has 0 saturated carbocycles. The molecule has 0 aliphatic heterocycles. The van der Waals surface area contributed by atoms with Crippen LogP contribution in [0.25, 0.3) is 22.2 Å². The van der Waals surface area contributed by atoms with Gasteiger partial charge in [-0.05, 0) is 25.1 Å². The summed E-state index contributed by atoms with van der Waals surface area (Å²) in [4.78, 5) is 20.2. The fourth-order valence-electron chi connectivity index (χ4n) is 2.53. The van der Waals surface area contributed by atoms with Crippen molar-refractivity contribution < 1.29 is 9.21 Å². The van der Waals surface area contributed by atoms with Crippen LogP contribution in [-0.4, -0.2) is 30.6 Å². The SMILES string of the molecule is Cc1coc(C(=O)Nc2cc3cc(-c4cncn4C)ccc3nn2)n1. The van der Waals surface area contributed by atoms with E-state index in [0.717, 1.165) is 22.2 Å². The summed E-state index contributed by atoms with van der Waals surface area (Å²) in [5.74, 6) is -0.150. The fourth-order valence-corrected chi connectivity index (χ4v) is 2.53. The molecular weight excluding hydrogens is 320 g/mol. The number of carbonyl (C=O) groups excluding carboxylic acids is 1. The first-order chi connectivity index (χ1) is 12.1. The van der Waals surface area contributed by atoms with E-state index in [1.165, 1.54) is 6.26 Å². The smallest absolute Gasteiger partial charge is 0.312 e. The lowest BCUT2D eigenvalue weighted by Crippen LogP contribution is -2.13. The molecule has 25 heavy (non-hydrogen) atoms. The number of oxazole rings is 1. The van der Waals surface area contributed by atoms with E-state index >= 15 is 0 Å². The molecule has 3 aromatic heterocycles. The molecule has 0 bridgehead atoms. The van der Waals surface area contributed by atoms with Crippen LogP contribution in [0.3, 0.4) is 0 Å². The second kappa shape index (κ2) is 5.82. The van der Waals surface area contributed by atoms with Gasteiger partial charge in [0, 0.05) is 18.0 Å². The fraction of sp³-hybridized carbons (Fsp3) is 0.118. The lowest BCUT2D eigenvalue weighted by atomic mass is 10.1. The zero-order valence-corrected chi connectivity index (χ0v) is 13.6. The highest BCUT2D eigenvalue weighted by atomic mass is 16.4. The normalized spacial score (nSPS) is 11.0. The Kier molecular flexibility index (Phi) is 3.50. The molecule has 1 aromatic carbocycles. The van der Waals surface area contributed by atoms with Crippen LogP contribution in [-0.2, 0) is 7.05 Å². The first-order valence-electron chi connectivity index (χ1n) is 7.58. The maximum atomic E-state index is 12.1. The molecule has 0 radical (unpaired) electrons. The average molecular weight is 334 g/mol. The summed E-state index contributed by atoms with van der Waals surface area (Å²) in [6.45, 7) is 1.75. The van der Waals surface area contributed by atoms with Crippen LogP contribution in [0.4, 0.5) is 5.82 Å². The highest BCUT2D eigenvalue weighted by molar-refractivity contribution is 6.01. The number of nitrogens with zero attached hydrogens (tertiary/aromatic N) is 5. The number of nitrogens with one attached hydrogen (secondary N) is 1. The number of carbonyl (C=O) groups is 1. The van der Waals surface area contributed by atoms with Crippen LogP contribution in [0.1, 0.15) is 16.4 Å². The summed E-state index contributed by atoms with van der Waals surface area (Å²) in [5, 5.41) is 11.7. The molecule has 1 amide bonds. The van der Waals surface area contributed by atoms with Crippen molar-refractivity contribution >= 4 is 22.6 Å². The van der Waals surface area contributed by atoms with Gasteiger partial charge in [0.25, 0.3) is 5.89 Å². The number of anilines is 1. The second-order valence-corrected chi connectivity index (χ2v) is 5.64. The Bertz CT molecular complexity index is 1080. The first-order valence-corrected chi connectivity index (χ1v) is 7.58. The summed E-state index contributed by atoms with van der Waals surface area (Å²) in [5.41, 5.74) is 3.35. The third-order valence-corrected chi connectivity index (χ3v) is 3.75. The molecule has 0 saturated heterocycles. The Morgan fingerprint density at radius 2 is 2.12 bits per heavy atom. The van der Waals surface area contributed by atoms with Crippen LogP contribution in [0, 0.1) is 6.92 Å². The number of fused-ring (bicyclic) bond motifs is 1. The number of hydrogen-bond donors (Lipinski definition) is 1. The first kappa shape index (κ1) is 15.0. The standard InChI is InChI=1S/C17H14N6O2/c1-10-8-25-17(19-10)16(24)20-15-6-12-5-11(3-4-13(12)21-22-15)14-7-18-9-23(14)2/h3-9H,1-2H3,(H,20,22,24). The number of amides is 1. The van der Waals surface area contributed by atoms with Crippen LogP contribution in [0.2, 0.25) is 0 Å². The predicted molar refractivity (Wildman–Crippen MR) is 90.9 cm³/mol. The molecule has 0 aliphatic carbocycles. The Hall–Kier alpha value is -3.55. The lowest BCUT2D eigenvalue weighted by molar-refractivity contribution is 0.0989. The van der Waals surface area contributed by atoms with Crippen molar-refractivity contribution in [1.82, 2.24) is 24.7 Å². The minimum atomic E-state index is -0.468. The molecule has 8 heteroatoms. The number of aromatic nitrogens is 5. The van der Waals surface area contributed by atoms with Gasteiger partial charge in [-0.3, -0.25) is 4.79 Å². The molecule has 0 aliphatic rings. The maximum Gasteiger partial charge on any atom is 0.312 e. The zero-order valence-electron chi connectivity index (χ0n) is 13.6. The Labute approximate surface area is 142 Å². The maximum absolute atomic E-state index is 12.1. The summed E-state index contributed by atoms with van der Waals surface area (Å²) in [6, 6.07) is 7.58. The molecule has 1 N–H and O–H groups in total. The molecular formula is C17H14N6O2. The van der Waals surface area contributed by atoms with Gasteiger partial charge in [-0.25, -0.2) is 9.97 Å². The molecule has 4 rings (SSSR count). The Balaban J connectivity index is 1.67. The van der Waals surface area contributed by atoms with Crippen LogP contribution in [0.15, 0.2) is 47.5 Å². The molecule has 4 aromatic rings. The van der Waals surface area contributed by atoms with E-state index in [0.29, 0.717) is 11.5 Å². The Morgan fingerprint density at radius 3 is 2.84 bits per heavy atom. The second-order valence-electron chi connectivity index (χ2n) is 5.64. The topological polar surface area (TPSA) is 98.7 Å². The van der Waals surface area contributed by atoms with Gasteiger partial charge >= 0.3 is 5.91 Å². The molecule has 0 unspecified atom stereocenters. The van der Waals surface area contributed by atoms with Crippen molar-refractivity contribution in [3.8, 4) is 11.3 Å². The minimum Gasteiger partial charge on any atom is -0.441 e. The van der Waals surface area contributed by atoms with Crippen molar-refractivity contribution in [1.29, 1.82) is 0 Å². The quantitative estimate of drug-likeness (QED) is 0.618. The molecule has 0 fully saturated rings. The van der Waals surface area contributed by atoms with Crippen molar-refractivity contribution in [3.63, 3.8) is 0 Å². The third kappa shape index (κ3) is 2.85. The molecule has 0 atom stereocenters. The number of aryl methyl sites for hydroxylation is 2. The van der Waals surface area contributed by atoms with Gasteiger partial charge in [0.1, 0.15) is 6.26 Å². The van der Waals surface area contributed by atoms with Gasteiger partial charge in [0.05, 0.1) is 29.4 Å². The molecule has 8 nitrogen and oxygen atoms in total. The highest BCUT2D eigenvalue weighted by Crippen LogP contribution is 2.24. The van der Waals surface area contributed by atoms with E-state index in [1.54, 1.807) is 25.5 Å². The third-order valence-electron chi connectivity index (χ3n) is 3.75. The van der Waals surface area contributed by atoms with Gasteiger partial charge in [-0.1, -0.05) is 6.07 Å². The van der Waals surface area contributed by atoms with E-state index in [1.807, 2.05) is 29.8 Å². The van der Waals surface area contributed by atoms with E-state index in [-0.39, 0.29) is 5.89 Å². The number of rotatable bonds is 3. The summed E-state index contributed by atoms with van der Waals surface area (Å²) in [6.07, 6.45) is 4.96. The van der Waals surface area contributed by atoms with E-state index in [4.69, 9.17) is 4.42 Å². The highest BCUT2D eigenvalue weighted by Gasteiger charge is 2.14. The average Bonchev–Trinajstić information content (AvgIpc) is 3.22. The van der Waals surface area contributed by atoms with Crippen molar-refractivity contribution in [2.24, 2.45) is 7.05 Å². The minimum absolute atomic E-state index is 0.0111. The monoisotopic (exact) mass is 334 g/mol. The van der Waals surface area contributed by atoms with E-state index < -0.39 is 5.91 Å². The van der Waals surface area contributed by atoms with Gasteiger partial charge < -0.3 is 14.3 Å². The van der Waals surface area contributed by atoms with Crippen LogP contribution < -0.4 is 5.32 Å². The molecule has 124 valence electrons. The summed E-state index contributed by atoms with van der Waals surface area (Å²) >= 11 is 0. The summed E-state index contributed by atoms with van der Waals surface area (Å²) in [7, 11) is 1.93. The molecule has 3 heterocycles. The summed E-state index contributed by atoms with van der Waals surface area (Å²) < 4.78 is 7.02. The van der Waals surface area contributed by atoms with Gasteiger partial charge in [0.2, 0.25) is 0 Å². The van der Waals surface area contributed by atoms with Crippen molar-refractivity contribution in [2.75, 3.05) is 5.32 Å². The van der Waals surface area contributed by atoms with Crippen molar-refractivity contribution in [2.45, 2.75) is 6.92 Å². The number of imidazole rings is 1. The van der Waals surface area contributed by atoms with E-state index in [9.17, 15) is 4.79 Å². The number of hydrogen-bond acceptors (Lipinski definition) is 6. The largest absolute Gasteiger partial charge is 0.441 e.